The fourth-order valence-corrected chi connectivity index (χ4v) is 7.37. The van der Waals surface area contributed by atoms with Gasteiger partial charge < -0.3 is 39.5 Å². The van der Waals surface area contributed by atoms with Crippen molar-refractivity contribution in [2.45, 2.75) is 231 Å². The summed E-state index contributed by atoms with van der Waals surface area (Å²) in [7, 11) is 0. The largest absolute Gasteiger partial charge is 2.00 e. The normalized spacial score (nSPS) is 13.1. The Kier molecular flexibility index (Phi) is 41.2. The van der Waals surface area contributed by atoms with Gasteiger partial charge in [0, 0.05) is 11.9 Å². The van der Waals surface area contributed by atoms with E-state index in [4.69, 9.17) is 9.47 Å². The van der Waals surface area contributed by atoms with Gasteiger partial charge in [0.2, 0.25) is 0 Å². The molecule has 4 unspecified atom stereocenters. The maximum Gasteiger partial charge on any atom is 2.00 e. The van der Waals surface area contributed by atoms with Gasteiger partial charge in [-0.05, 0) is 88.2 Å². The summed E-state index contributed by atoms with van der Waals surface area (Å²) >= 11 is 0. The van der Waals surface area contributed by atoms with E-state index >= 15 is 0 Å². The van der Waals surface area contributed by atoms with E-state index in [-0.39, 0.29) is 73.9 Å². The second-order valence-corrected chi connectivity index (χ2v) is 16.4. The predicted molar refractivity (Wildman–Crippen MR) is 238 cm³/mol. The quantitative estimate of drug-likeness (QED) is 0.0501. The number of benzene rings is 2. The number of aliphatic carboxylic acids is 2. The number of hydrogen-bond donors (Lipinski definition) is 2. The summed E-state index contributed by atoms with van der Waals surface area (Å²) in [5, 5.41) is 40.3. The van der Waals surface area contributed by atoms with Crippen LogP contribution in [0.4, 0.5) is 0 Å². The Bertz CT molecular complexity index is 1110. The third kappa shape index (κ3) is 38.2. The molecule has 8 nitrogen and oxygen atoms in total. The number of ether oxygens (including phenoxy) is 2. The zero-order valence-corrected chi connectivity index (χ0v) is 41.8. The van der Waals surface area contributed by atoms with Gasteiger partial charge in [-0.15, -0.1) is 0 Å². The van der Waals surface area contributed by atoms with Crippen molar-refractivity contribution in [1.29, 1.82) is 0 Å². The number of carboxylic acids is 2. The average molecular weight is 949 g/mol. The Morgan fingerprint density at radius 2 is 0.746 bits per heavy atom. The molecule has 2 rings (SSSR count). The van der Waals surface area contributed by atoms with Crippen LogP contribution < -0.4 is 10.2 Å². The molecule has 0 aliphatic heterocycles. The first kappa shape index (κ1) is 57.8. The molecule has 9 heteroatoms. The molecule has 0 aliphatic carbocycles. The zero-order chi connectivity index (χ0) is 42.3. The molecule has 59 heavy (non-hydrogen) atoms. The molecule has 0 bridgehead atoms. The van der Waals surface area contributed by atoms with Crippen LogP contribution in [0, 0.1) is 0 Å². The second-order valence-electron chi connectivity index (χ2n) is 16.4. The predicted octanol–water partition coefficient (Wildman–Crippen LogP) is 9.95. The smallest absolute Gasteiger partial charge is 0.550 e. The van der Waals surface area contributed by atoms with Crippen LogP contribution in [0.5, 0.6) is 0 Å². The van der Waals surface area contributed by atoms with E-state index in [0.717, 1.165) is 64.2 Å². The molecule has 0 radical (unpaired) electrons. The van der Waals surface area contributed by atoms with Crippen molar-refractivity contribution in [3.05, 3.63) is 71.8 Å². The van der Waals surface area contributed by atoms with Crippen LogP contribution in [0.3, 0.4) is 0 Å². The summed E-state index contributed by atoms with van der Waals surface area (Å²) in [5.41, 5.74) is 2.50. The minimum atomic E-state index is -1.03. The van der Waals surface area contributed by atoms with E-state index in [9.17, 15) is 30.0 Å². The fourth-order valence-electron chi connectivity index (χ4n) is 7.37. The maximum atomic E-state index is 10.3. The van der Waals surface area contributed by atoms with Crippen molar-refractivity contribution in [3.8, 4) is 0 Å². The number of hydrogen-bond acceptors (Lipinski definition) is 8. The van der Waals surface area contributed by atoms with E-state index in [2.05, 4.69) is 62.4 Å². The number of rotatable bonds is 38. The molecule has 0 saturated heterocycles. The van der Waals surface area contributed by atoms with Crippen LogP contribution in [0.1, 0.15) is 205 Å². The van der Waals surface area contributed by atoms with Gasteiger partial charge in [0.25, 0.3) is 0 Å². The first-order valence-corrected chi connectivity index (χ1v) is 23.3. The van der Waals surface area contributed by atoms with Crippen molar-refractivity contribution in [1.82, 2.24) is 0 Å². The van der Waals surface area contributed by atoms with E-state index in [1.165, 1.54) is 88.2 Å². The number of carbonyl (C=O) groups is 2. The summed E-state index contributed by atoms with van der Waals surface area (Å²) in [4.78, 5) is 20.7. The van der Waals surface area contributed by atoms with Crippen molar-refractivity contribution < 1.29 is 39.5 Å². The fraction of sp³-hybridized carbons (Fsp3) is 0.720. The standard InChI is InChI=1S/2C25H42O4.Ba/c2*1-2-14-24(29-21-22-15-9-8-10-16-22)19-12-7-5-3-4-6-11-17-23(26)18-13-20-25(27)28;/h2*8-10,15-16,23-24,26H,2-7,11-14,17-21H2,1H3,(H,27,28);/q;;+2/p-2. The molecular weight excluding hydrogens is 866 g/mol. The van der Waals surface area contributed by atoms with E-state index < -0.39 is 11.9 Å². The van der Waals surface area contributed by atoms with Gasteiger partial charge in [-0.1, -0.05) is 177 Å². The summed E-state index contributed by atoms with van der Waals surface area (Å²) in [6.45, 7) is 5.87. The SMILES string of the molecule is CCCC(CCCCCCCCCC(O)CCCC(=O)[O-])OCc1ccccc1.CCCC(CCCCCCCCCC(O)CCCC(=O)[O-])OCc1ccccc1.[Ba+2]. The van der Waals surface area contributed by atoms with Gasteiger partial charge in [0.15, 0.2) is 0 Å². The molecule has 332 valence electrons. The minimum absolute atomic E-state index is 0. The molecule has 4 atom stereocenters. The topological polar surface area (TPSA) is 139 Å². The molecule has 0 aliphatic rings. The van der Waals surface area contributed by atoms with Crippen LogP contribution >= 0.6 is 0 Å². The molecule has 2 aromatic carbocycles. The first-order valence-electron chi connectivity index (χ1n) is 23.3. The van der Waals surface area contributed by atoms with Crippen LogP contribution in [0.15, 0.2) is 60.7 Å². The van der Waals surface area contributed by atoms with Crippen LogP contribution in [0.2, 0.25) is 0 Å². The molecule has 0 spiro atoms. The summed E-state index contributed by atoms with van der Waals surface area (Å²) in [6.07, 6.45) is 27.6. The van der Waals surface area contributed by atoms with E-state index in [0.29, 0.717) is 51.1 Å². The molecule has 0 saturated carbocycles. The summed E-state index contributed by atoms with van der Waals surface area (Å²) in [6, 6.07) is 20.8. The minimum Gasteiger partial charge on any atom is -0.550 e. The monoisotopic (exact) mass is 949 g/mol. The van der Waals surface area contributed by atoms with Gasteiger partial charge in [0.1, 0.15) is 0 Å². The number of carbonyl (C=O) groups excluding carboxylic acids is 2. The van der Waals surface area contributed by atoms with Gasteiger partial charge in [-0.3, -0.25) is 0 Å². The Balaban J connectivity index is 0.00000112. The zero-order valence-electron chi connectivity index (χ0n) is 37.3. The van der Waals surface area contributed by atoms with Crippen molar-refractivity contribution >= 4 is 60.8 Å². The third-order valence-electron chi connectivity index (χ3n) is 10.8. The third-order valence-corrected chi connectivity index (χ3v) is 10.8. The summed E-state index contributed by atoms with van der Waals surface area (Å²) < 4.78 is 12.3. The molecule has 0 amide bonds. The first-order chi connectivity index (χ1) is 28.2. The van der Waals surface area contributed by atoms with E-state index in [1.54, 1.807) is 0 Å². The van der Waals surface area contributed by atoms with Gasteiger partial charge >= 0.3 is 48.9 Å². The number of aliphatic hydroxyl groups is 2. The van der Waals surface area contributed by atoms with Crippen molar-refractivity contribution in [2.24, 2.45) is 0 Å². The van der Waals surface area contributed by atoms with Crippen molar-refractivity contribution in [2.75, 3.05) is 0 Å². The van der Waals surface area contributed by atoms with E-state index in [1.807, 2.05) is 12.1 Å². The number of carboxylic acid groups (broad SMARTS) is 2. The maximum absolute atomic E-state index is 10.3. The Hall–Kier alpha value is -1.21. The van der Waals surface area contributed by atoms with Gasteiger partial charge in [-0.2, -0.15) is 0 Å². The number of unbranched alkanes of at least 4 members (excludes halogenated alkanes) is 12. The summed E-state index contributed by atoms with van der Waals surface area (Å²) in [5.74, 6) is -2.05. The molecule has 2 N–H and O–H groups in total. The van der Waals surface area contributed by atoms with Crippen LogP contribution in [-0.4, -0.2) is 95.4 Å². The van der Waals surface area contributed by atoms with Crippen LogP contribution in [0.25, 0.3) is 0 Å². The van der Waals surface area contributed by atoms with Crippen molar-refractivity contribution in [3.63, 3.8) is 0 Å². The molecular formula is C50H82BaO8. The van der Waals surface area contributed by atoms with Crippen LogP contribution in [-0.2, 0) is 32.3 Å². The Morgan fingerprint density at radius 1 is 0.458 bits per heavy atom. The average Bonchev–Trinajstić information content (AvgIpc) is 3.21. The molecule has 2 aromatic rings. The molecule has 0 heterocycles. The second kappa shape index (κ2) is 42.1. The van der Waals surface area contributed by atoms with Gasteiger partial charge in [-0.25, -0.2) is 0 Å². The Morgan fingerprint density at radius 3 is 1.05 bits per heavy atom. The molecule has 0 aromatic heterocycles. The number of aliphatic hydroxyl groups excluding tert-OH is 2. The van der Waals surface area contributed by atoms with Gasteiger partial charge in [0.05, 0.1) is 37.6 Å². The molecule has 0 fully saturated rings. The Labute approximate surface area is 400 Å².